The Labute approximate surface area is 121 Å². The van der Waals surface area contributed by atoms with E-state index in [1.165, 1.54) is 21.9 Å². The first-order valence-corrected chi connectivity index (χ1v) is 7.20. The van der Waals surface area contributed by atoms with Gasteiger partial charge in [-0.3, -0.25) is 0 Å². The fourth-order valence-corrected chi connectivity index (χ4v) is 2.18. The molecule has 2 rings (SSSR count). The van der Waals surface area contributed by atoms with Crippen LogP contribution in [-0.2, 0) is 6.54 Å². The summed E-state index contributed by atoms with van der Waals surface area (Å²) < 4.78 is 5.94. The van der Waals surface area contributed by atoms with Gasteiger partial charge in [-0.05, 0) is 43.3 Å². The van der Waals surface area contributed by atoms with E-state index in [1.807, 2.05) is 0 Å². The van der Waals surface area contributed by atoms with Crippen LogP contribution in [0.15, 0.2) is 48.0 Å². The highest BCUT2D eigenvalue weighted by Crippen LogP contribution is 2.28. The molecule has 2 heteroatoms. The number of fused-ring (bicyclic) bond motifs is 1. The van der Waals surface area contributed by atoms with Crippen molar-refractivity contribution in [3.8, 4) is 5.75 Å². The monoisotopic (exact) mass is 269 g/mol. The molecule has 0 amide bonds. The maximum atomic E-state index is 5.94. The minimum atomic E-state index is 0.625. The largest absolute Gasteiger partial charge is 0.489 e. The Bertz CT molecular complexity index is 597. The average molecular weight is 269 g/mol. The van der Waals surface area contributed by atoms with Crippen molar-refractivity contribution in [3.05, 3.63) is 53.6 Å². The van der Waals surface area contributed by atoms with Crippen LogP contribution in [0.2, 0.25) is 0 Å². The summed E-state index contributed by atoms with van der Waals surface area (Å²) in [4.78, 5) is 0. The summed E-state index contributed by atoms with van der Waals surface area (Å²) >= 11 is 0. The van der Waals surface area contributed by atoms with Gasteiger partial charge >= 0.3 is 0 Å². The summed E-state index contributed by atoms with van der Waals surface area (Å²) in [6.45, 7) is 8.71. The molecular weight excluding hydrogens is 246 g/mol. The summed E-state index contributed by atoms with van der Waals surface area (Å²) in [5.74, 6) is 0.974. The normalized spacial score (nSPS) is 10.6. The van der Waals surface area contributed by atoms with Crippen molar-refractivity contribution in [2.24, 2.45) is 0 Å². The number of nitrogens with one attached hydrogen (secondary N) is 1. The van der Waals surface area contributed by atoms with Crippen LogP contribution in [0.1, 0.15) is 26.3 Å². The van der Waals surface area contributed by atoms with Gasteiger partial charge in [0.1, 0.15) is 12.4 Å². The van der Waals surface area contributed by atoms with Crippen LogP contribution in [0.4, 0.5) is 0 Å². The Kier molecular flexibility index (Phi) is 5.19. The summed E-state index contributed by atoms with van der Waals surface area (Å²) in [6.07, 6.45) is 2.10. The highest BCUT2D eigenvalue weighted by molar-refractivity contribution is 5.87. The van der Waals surface area contributed by atoms with Crippen molar-refractivity contribution >= 4 is 10.8 Å². The molecule has 1 N–H and O–H groups in total. The molecule has 0 unspecified atom stereocenters. The van der Waals surface area contributed by atoms with Gasteiger partial charge < -0.3 is 10.1 Å². The number of allylic oxidation sites excluding steroid dienone is 1. The second-order valence-electron chi connectivity index (χ2n) is 5.14. The number of ether oxygens (including phenoxy) is 1. The van der Waals surface area contributed by atoms with Crippen LogP contribution in [-0.4, -0.2) is 13.2 Å². The summed E-state index contributed by atoms with van der Waals surface area (Å²) in [6, 6.07) is 12.7. The standard InChI is InChI=1S/C18H23NO/c1-4-19-13-17-16-8-6-5-7-15(16)9-10-18(17)20-12-11-14(2)3/h5-11,19H,4,12-13H2,1-3H3. The topological polar surface area (TPSA) is 21.3 Å². The van der Waals surface area contributed by atoms with Crippen LogP contribution < -0.4 is 10.1 Å². The molecule has 0 saturated carbocycles. The van der Waals surface area contributed by atoms with E-state index in [0.29, 0.717) is 6.61 Å². The van der Waals surface area contributed by atoms with Gasteiger partial charge in [0, 0.05) is 12.1 Å². The fraction of sp³-hybridized carbons (Fsp3) is 0.333. The van der Waals surface area contributed by atoms with Crippen molar-refractivity contribution < 1.29 is 4.74 Å². The van der Waals surface area contributed by atoms with Crippen LogP contribution in [0, 0.1) is 0 Å². The molecule has 0 fully saturated rings. The molecule has 0 heterocycles. The van der Waals surface area contributed by atoms with Crippen LogP contribution >= 0.6 is 0 Å². The van der Waals surface area contributed by atoms with Crippen LogP contribution in [0.5, 0.6) is 5.75 Å². The molecule has 0 aliphatic carbocycles. The lowest BCUT2D eigenvalue weighted by Gasteiger charge is -2.14. The highest BCUT2D eigenvalue weighted by atomic mass is 16.5. The second-order valence-corrected chi connectivity index (χ2v) is 5.14. The SMILES string of the molecule is CCNCc1c(OCC=C(C)C)ccc2ccccc12. The first-order valence-electron chi connectivity index (χ1n) is 7.20. The molecule has 20 heavy (non-hydrogen) atoms. The molecule has 0 saturated heterocycles. The van der Waals surface area contributed by atoms with Crippen molar-refractivity contribution in [3.63, 3.8) is 0 Å². The van der Waals surface area contributed by atoms with E-state index in [9.17, 15) is 0 Å². The van der Waals surface area contributed by atoms with Gasteiger partial charge in [0.2, 0.25) is 0 Å². The van der Waals surface area contributed by atoms with Crippen molar-refractivity contribution in [2.75, 3.05) is 13.2 Å². The molecule has 0 atom stereocenters. The van der Waals surface area contributed by atoms with Gasteiger partial charge in [-0.2, -0.15) is 0 Å². The molecule has 106 valence electrons. The Morgan fingerprint density at radius 1 is 1.15 bits per heavy atom. The summed E-state index contributed by atoms with van der Waals surface area (Å²) in [5.41, 5.74) is 2.52. The van der Waals surface area contributed by atoms with Crippen LogP contribution in [0.25, 0.3) is 10.8 Å². The molecule has 2 aromatic rings. The third-order valence-corrected chi connectivity index (χ3v) is 3.28. The van der Waals surface area contributed by atoms with Gasteiger partial charge in [0.25, 0.3) is 0 Å². The molecule has 0 bridgehead atoms. The number of rotatable bonds is 6. The lowest BCUT2D eigenvalue weighted by Crippen LogP contribution is -2.13. The van der Waals surface area contributed by atoms with Gasteiger partial charge in [0.05, 0.1) is 0 Å². The molecular formula is C18H23NO. The second kappa shape index (κ2) is 7.11. The van der Waals surface area contributed by atoms with Gasteiger partial charge in [-0.1, -0.05) is 42.8 Å². The highest BCUT2D eigenvalue weighted by Gasteiger charge is 2.07. The lowest BCUT2D eigenvalue weighted by molar-refractivity contribution is 0.357. The predicted molar refractivity (Wildman–Crippen MR) is 86.3 cm³/mol. The molecule has 0 aliphatic heterocycles. The molecule has 0 spiro atoms. The fourth-order valence-electron chi connectivity index (χ4n) is 2.18. The predicted octanol–water partition coefficient (Wildman–Crippen LogP) is 4.29. The first-order chi connectivity index (χ1) is 9.72. The third-order valence-electron chi connectivity index (χ3n) is 3.28. The molecule has 0 aromatic heterocycles. The number of hydrogen-bond acceptors (Lipinski definition) is 2. The summed E-state index contributed by atoms with van der Waals surface area (Å²) in [5, 5.41) is 5.93. The molecule has 0 radical (unpaired) electrons. The zero-order chi connectivity index (χ0) is 14.4. The van der Waals surface area contributed by atoms with E-state index in [4.69, 9.17) is 4.74 Å². The Morgan fingerprint density at radius 2 is 1.95 bits per heavy atom. The smallest absolute Gasteiger partial charge is 0.124 e. The Morgan fingerprint density at radius 3 is 2.70 bits per heavy atom. The molecule has 2 nitrogen and oxygen atoms in total. The first kappa shape index (κ1) is 14.6. The molecule has 0 aliphatic rings. The zero-order valence-corrected chi connectivity index (χ0v) is 12.6. The van der Waals surface area contributed by atoms with Gasteiger partial charge in [0.15, 0.2) is 0 Å². The Hall–Kier alpha value is -1.80. The van der Waals surface area contributed by atoms with E-state index in [0.717, 1.165) is 18.8 Å². The van der Waals surface area contributed by atoms with Crippen LogP contribution in [0.3, 0.4) is 0 Å². The molecule has 2 aromatic carbocycles. The minimum absolute atomic E-state index is 0.625. The van der Waals surface area contributed by atoms with E-state index in [1.54, 1.807) is 0 Å². The van der Waals surface area contributed by atoms with E-state index < -0.39 is 0 Å². The minimum Gasteiger partial charge on any atom is -0.489 e. The third kappa shape index (κ3) is 3.61. The summed E-state index contributed by atoms with van der Waals surface area (Å²) in [7, 11) is 0. The quantitative estimate of drug-likeness (QED) is 0.790. The van der Waals surface area contributed by atoms with E-state index in [-0.39, 0.29) is 0 Å². The number of benzene rings is 2. The van der Waals surface area contributed by atoms with Crippen molar-refractivity contribution in [1.29, 1.82) is 0 Å². The van der Waals surface area contributed by atoms with Gasteiger partial charge in [-0.15, -0.1) is 0 Å². The van der Waals surface area contributed by atoms with Gasteiger partial charge in [-0.25, -0.2) is 0 Å². The maximum absolute atomic E-state index is 5.94. The van der Waals surface area contributed by atoms with Crippen molar-refractivity contribution in [1.82, 2.24) is 5.32 Å². The number of hydrogen-bond donors (Lipinski definition) is 1. The van der Waals surface area contributed by atoms with E-state index >= 15 is 0 Å². The lowest BCUT2D eigenvalue weighted by atomic mass is 10.0. The van der Waals surface area contributed by atoms with E-state index in [2.05, 4.69) is 68.6 Å². The Balaban J connectivity index is 2.34. The average Bonchev–Trinajstić information content (AvgIpc) is 2.45. The van der Waals surface area contributed by atoms with Crippen molar-refractivity contribution in [2.45, 2.75) is 27.3 Å². The maximum Gasteiger partial charge on any atom is 0.124 e. The zero-order valence-electron chi connectivity index (χ0n) is 12.6.